The van der Waals surface area contributed by atoms with Crippen LogP contribution in [0.5, 0.6) is 5.75 Å². The van der Waals surface area contributed by atoms with Crippen LogP contribution in [-0.4, -0.2) is 53.4 Å². The van der Waals surface area contributed by atoms with Gasteiger partial charge in [0.2, 0.25) is 5.91 Å². The van der Waals surface area contributed by atoms with Gasteiger partial charge in [-0.05, 0) is 56.0 Å². The largest absolute Gasteiger partial charge is 0.488 e. The Morgan fingerprint density at radius 2 is 1.82 bits per heavy atom. The fourth-order valence-corrected chi connectivity index (χ4v) is 3.82. The summed E-state index contributed by atoms with van der Waals surface area (Å²) in [6.45, 7) is 6.35. The van der Waals surface area contributed by atoms with Crippen LogP contribution >= 0.6 is 0 Å². The minimum atomic E-state index is -0.128. The molecule has 1 aromatic heterocycles. The topological polar surface area (TPSA) is 63.0 Å². The second kappa shape index (κ2) is 7.34. The molecule has 0 atom stereocenters. The molecule has 2 aliphatic rings. The van der Waals surface area contributed by atoms with E-state index < -0.39 is 0 Å². The van der Waals surface area contributed by atoms with Crippen LogP contribution in [-0.2, 0) is 17.6 Å². The van der Waals surface area contributed by atoms with Crippen molar-refractivity contribution in [1.29, 1.82) is 0 Å². The molecule has 2 amide bonds. The van der Waals surface area contributed by atoms with Crippen LogP contribution in [0.4, 0.5) is 0 Å². The Hall–Kier alpha value is -2.76. The van der Waals surface area contributed by atoms with Gasteiger partial charge in [-0.2, -0.15) is 0 Å². The molecule has 1 saturated heterocycles. The van der Waals surface area contributed by atoms with Crippen LogP contribution in [0.15, 0.2) is 41.0 Å². The first-order valence-electron chi connectivity index (χ1n) is 9.83. The summed E-state index contributed by atoms with van der Waals surface area (Å²) >= 11 is 0. The number of nitrogens with zero attached hydrogens (tertiary/aromatic N) is 2. The molecule has 4 rings (SSSR count). The predicted molar refractivity (Wildman–Crippen MR) is 104 cm³/mol. The molecule has 0 bridgehead atoms. The van der Waals surface area contributed by atoms with E-state index in [0.29, 0.717) is 38.4 Å². The third-order valence-corrected chi connectivity index (χ3v) is 5.51. The van der Waals surface area contributed by atoms with Crippen molar-refractivity contribution in [2.75, 3.05) is 26.2 Å². The maximum atomic E-state index is 12.7. The molecule has 1 fully saturated rings. The maximum Gasteiger partial charge on any atom is 0.289 e. The fraction of sp³-hybridized carbons (Fsp3) is 0.455. The summed E-state index contributed by atoms with van der Waals surface area (Å²) in [5.41, 5.74) is 2.07. The number of carbonyl (C=O) groups excluding carboxylic acids is 2. The summed E-state index contributed by atoms with van der Waals surface area (Å²) in [5.74, 6) is 1.26. The predicted octanol–water partition coefficient (Wildman–Crippen LogP) is 2.91. The highest BCUT2D eigenvalue weighted by molar-refractivity contribution is 5.91. The molecule has 0 aliphatic carbocycles. The second-order valence-electron chi connectivity index (χ2n) is 8.13. The minimum Gasteiger partial charge on any atom is -0.488 e. The monoisotopic (exact) mass is 382 g/mol. The molecule has 6 nitrogen and oxygen atoms in total. The third kappa shape index (κ3) is 3.91. The summed E-state index contributed by atoms with van der Waals surface area (Å²) < 4.78 is 11.2. The Labute approximate surface area is 165 Å². The summed E-state index contributed by atoms with van der Waals surface area (Å²) in [6.07, 6.45) is 3.82. The van der Waals surface area contributed by atoms with Gasteiger partial charge in [-0.15, -0.1) is 0 Å². The Morgan fingerprint density at radius 1 is 1.07 bits per heavy atom. The number of rotatable bonds is 3. The van der Waals surface area contributed by atoms with Crippen molar-refractivity contribution < 1.29 is 18.7 Å². The van der Waals surface area contributed by atoms with Crippen LogP contribution < -0.4 is 4.74 Å². The Kier molecular flexibility index (Phi) is 4.87. The van der Waals surface area contributed by atoms with E-state index in [0.717, 1.165) is 24.2 Å². The van der Waals surface area contributed by atoms with Crippen LogP contribution in [0.2, 0.25) is 0 Å². The van der Waals surface area contributed by atoms with E-state index in [1.165, 1.54) is 11.8 Å². The lowest BCUT2D eigenvalue weighted by Crippen LogP contribution is -2.50. The number of aryl methyl sites for hydroxylation is 1. The Bertz CT molecular complexity index is 865. The van der Waals surface area contributed by atoms with Crippen molar-refractivity contribution in [3.05, 3.63) is 53.5 Å². The first-order valence-corrected chi connectivity index (χ1v) is 9.83. The summed E-state index contributed by atoms with van der Waals surface area (Å²) in [6, 6.07) is 9.44. The SMILES string of the molecule is CC1(C)CCc2cc(CC(=O)N3CCN(C(=O)c4ccco4)CC3)ccc2O1. The van der Waals surface area contributed by atoms with Crippen molar-refractivity contribution >= 4 is 11.8 Å². The van der Waals surface area contributed by atoms with E-state index in [-0.39, 0.29) is 17.4 Å². The highest BCUT2D eigenvalue weighted by Gasteiger charge is 2.28. The normalized spacial score (nSPS) is 18.4. The third-order valence-electron chi connectivity index (χ3n) is 5.51. The average Bonchev–Trinajstić information content (AvgIpc) is 3.22. The number of benzene rings is 1. The molecule has 2 aliphatic heterocycles. The highest BCUT2D eigenvalue weighted by Crippen LogP contribution is 2.33. The van der Waals surface area contributed by atoms with Gasteiger partial charge in [0.05, 0.1) is 12.7 Å². The van der Waals surface area contributed by atoms with Crippen molar-refractivity contribution in [2.45, 2.75) is 38.7 Å². The molecule has 6 heteroatoms. The van der Waals surface area contributed by atoms with E-state index in [1.54, 1.807) is 17.0 Å². The van der Waals surface area contributed by atoms with Crippen molar-refractivity contribution in [3.8, 4) is 5.75 Å². The zero-order valence-electron chi connectivity index (χ0n) is 16.4. The molecular formula is C22H26N2O4. The van der Waals surface area contributed by atoms with Crippen LogP contribution in [0.1, 0.15) is 41.9 Å². The van der Waals surface area contributed by atoms with Gasteiger partial charge in [0, 0.05) is 26.2 Å². The van der Waals surface area contributed by atoms with E-state index >= 15 is 0 Å². The van der Waals surface area contributed by atoms with Crippen molar-refractivity contribution in [1.82, 2.24) is 9.80 Å². The molecule has 0 radical (unpaired) electrons. The first-order chi connectivity index (χ1) is 13.4. The lowest BCUT2D eigenvalue weighted by atomic mass is 9.93. The molecule has 28 heavy (non-hydrogen) atoms. The molecule has 0 spiro atoms. The van der Waals surface area contributed by atoms with Gasteiger partial charge < -0.3 is 19.0 Å². The number of carbonyl (C=O) groups is 2. The molecular weight excluding hydrogens is 356 g/mol. The lowest BCUT2D eigenvalue weighted by molar-refractivity contribution is -0.131. The quantitative estimate of drug-likeness (QED) is 0.819. The standard InChI is InChI=1S/C22H26N2O4/c1-22(2)8-7-17-14-16(5-6-18(17)28-22)15-20(25)23-9-11-24(12-10-23)21(26)19-4-3-13-27-19/h3-6,13-14H,7-12,15H2,1-2H3. The van der Waals surface area contributed by atoms with E-state index in [1.807, 2.05) is 17.0 Å². The Balaban J connectivity index is 1.33. The number of hydrogen-bond acceptors (Lipinski definition) is 4. The molecule has 148 valence electrons. The zero-order valence-corrected chi connectivity index (χ0v) is 16.4. The second-order valence-corrected chi connectivity index (χ2v) is 8.13. The molecule has 0 unspecified atom stereocenters. The summed E-state index contributed by atoms with van der Waals surface area (Å²) in [5, 5.41) is 0. The average molecular weight is 382 g/mol. The van der Waals surface area contributed by atoms with Gasteiger partial charge in [-0.25, -0.2) is 0 Å². The summed E-state index contributed by atoms with van der Waals surface area (Å²) in [4.78, 5) is 28.6. The van der Waals surface area contributed by atoms with Gasteiger partial charge in [0.15, 0.2) is 5.76 Å². The van der Waals surface area contributed by atoms with Crippen molar-refractivity contribution in [3.63, 3.8) is 0 Å². The lowest BCUT2D eigenvalue weighted by Gasteiger charge is -2.34. The van der Waals surface area contributed by atoms with Crippen LogP contribution in [0.3, 0.4) is 0 Å². The van der Waals surface area contributed by atoms with Gasteiger partial charge >= 0.3 is 0 Å². The van der Waals surface area contributed by atoms with E-state index in [2.05, 4.69) is 19.9 Å². The van der Waals surface area contributed by atoms with Gasteiger partial charge in [-0.1, -0.05) is 12.1 Å². The van der Waals surface area contributed by atoms with Crippen molar-refractivity contribution in [2.24, 2.45) is 0 Å². The van der Waals surface area contributed by atoms with E-state index in [4.69, 9.17) is 9.15 Å². The molecule has 0 N–H and O–H groups in total. The first kappa shape index (κ1) is 18.6. The smallest absolute Gasteiger partial charge is 0.289 e. The van der Waals surface area contributed by atoms with Crippen LogP contribution in [0, 0.1) is 0 Å². The fourth-order valence-electron chi connectivity index (χ4n) is 3.82. The Morgan fingerprint density at radius 3 is 2.54 bits per heavy atom. The number of piperazine rings is 1. The minimum absolute atomic E-state index is 0.0992. The van der Waals surface area contributed by atoms with Gasteiger partial charge in [0.1, 0.15) is 11.4 Å². The molecule has 3 heterocycles. The maximum absolute atomic E-state index is 12.7. The van der Waals surface area contributed by atoms with Gasteiger partial charge in [-0.3, -0.25) is 9.59 Å². The molecule has 2 aromatic rings. The number of fused-ring (bicyclic) bond motifs is 1. The van der Waals surface area contributed by atoms with Crippen LogP contribution in [0.25, 0.3) is 0 Å². The highest BCUT2D eigenvalue weighted by atomic mass is 16.5. The van der Waals surface area contributed by atoms with E-state index in [9.17, 15) is 9.59 Å². The number of amides is 2. The zero-order chi connectivity index (χ0) is 19.7. The number of ether oxygens (including phenoxy) is 1. The van der Waals surface area contributed by atoms with Gasteiger partial charge in [0.25, 0.3) is 5.91 Å². The molecule has 0 saturated carbocycles. The number of hydrogen-bond donors (Lipinski definition) is 0. The number of furan rings is 1. The summed E-state index contributed by atoms with van der Waals surface area (Å²) in [7, 11) is 0. The molecule has 1 aromatic carbocycles.